The van der Waals surface area contributed by atoms with E-state index >= 15 is 0 Å². The van der Waals surface area contributed by atoms with Gasteiger partial charge in [-0.1, -0.05) is 23.7 Å². The molecule has 0 aliphatic carbocycles. The zero-order valence-corrected chi connectivity index (χ0v) is 15.7. The fraction of sp³-hybridized carbons (Fsp3) is 0.316. The molecule has 0 spiro atoms. The summed E-state index contributed by atoms with van der Waals surface area (Å²) in [5.41, 5.74) is 0.745. The third-order valence-corrected chi connectivity index (χ3v) is 5.09. The molecule has 9 heteroatoms. The summed E-state index contributed by atoms with van der Waals surface area (Å²) in [7, 11) is 0. The van der Waals surface area contributed by atoms with E-state index in [4.69, 9.17) is 16.3 Å². The molecular weight excluding hydrogens is 389 g/mol. The Morgan fingerprint density at radius 2 is 1.93 bits per heavy atom. The minimum Gasteiger partial charge on any atom is -0.370 e. The lowest BCUT2D eigenvalue weighted by Crippen LogP contribution is -3.15. The molecule has 1 atom stereocenters. The smallest absolute Gasteiger partial charge is 0.288 e. The Morgan fingerprint density at radius 3 is 2.57 bits per heavy atom. The molecule has 3 rings (SSSR count). The summed E-state index contributed by atoms with van der Waals surface area (Å²) >= 11 is 5.80. The van der Waals surface area contributed by atoms with Crippen molar-refractivity contribution in [3.8, 4) is 0 Å². The van der Waals surface area contributed by atoms with Crippen LogP contribution in [0.3, 0.4) is 0 Å². The van der Waals surface area contributed by atoms with Crippen molar-refractivity contribution < 1.29 is 23.7 Å². The molecule has 1 fully saturated rings. The highest BCUT2D eigenvalue weighted by Gasteiger charge is 2.27. The first-order valence-corrected chi connectivity index (χ1v) is 9.23. The second kappa shape index (κ2) is 9.09. The normalized spacial score (nSPS) is 15.8. The third-order valence-electron chi connectivity index (χ3n) is 4.77. The Labute approximate surface area is 166 Å². The standard InChI is InChI=1S/C19H19ClFN3O4/c20-16-6-3-14(11-17(16)24(26)27)19(25)22-12-18(23-7-9-28-10-8-23)13-1-4-15(21)5-2-13/h1-6,11,18H,7-10,12H2,(H,22,25)/p+1/t18-/m1/s1. The van der Waals surface area contributed by atoms with E-state index in [0.29, 0.717) is 19.8 Å². The van der Waals surface area contributed by atoms with Gasteiger partial charge in [0.25, 0.3) is 11.6 Å². The Bertz CT molecular complexity index is 857. The first-order valence-electron chi connectivity index (χ1n) is 8.85. The van der Waals surface area contributed by atoms with Crippen LogP contribution in [0.2, 0.25) is 5.02 Å². The van der Waals surface area contributed by atoms with E-state index in [2.05, 4.69) is 5.32 Å². The molecule has 28 heavy (non-hydrogen) atoms. The number of nitrogens with zero attached hydrogens (tertiary/aromatic N) is 1. The van der Waals surface area contributed by atoms with E-state index in [-0.39, 0.29) is 28.1 Å². The summed E-state index contributed by atoms with van der Waals surface area (Å²) in [6, 6.07) is 10.1. The van der Waals surface area contributed by atoms with E-state index in [1.807, 2.05) is 0 Å². The van der Waals surface area contributed by atoms with Crippen LogP contribution in [0.5, 0.6) is 0 Å². The van der Waals surface area contributed by atoms with Gasteiger partial charge in [0.05, 0.1) is 24.7 Å². The van der Waals surface area contributed by atoms with Gasteiger partial charge in [0.1, 0.15) is 30.0 Å². The van der Waals surface area contributed by atoms with Crippen LogP contribution in [0, 0.1) is 15.9 Å². The van der Waals surface area contributed by atoms with Crippen LogP contribution in [0.25, 0.3) is 0 Å². The molecule has 0 saturated carbocycles. The van der Waals surface area contributed by atoms with Crippen molar-refractivity contribution in [2.45, 2.75) is 6.04 Å². The summed E-state index contributed by atoms with van der Waals surface area (Å²) in [6.07, 6.45) is 0. The van der Waals surface area contributed by atoms with Crippen LogP contribution in [-0.4, -0.2) is 43.7 Å². The number of quaternary nitrogens is 1. The number of ether oxygens (including phenoxy) is 1. The average molecular weight is 409 g/mol. The summed E-state index contributed by atoms with van der Waals surface area (Å²) < 4.78 is 18.7. The van der Waals surface area contributed by atoms with E-state index in [1.54, 1.807) is 12.1 Å². The van der Waals surface area contributed by atoms with Crippen LogP contribution in [-0.2, 0) is 4.74 Å². The van der Waals surface area contributed by atoms with Gasteiger partial charge >= 0.3 is 0 Å². The zero-order valence-electron chi connectivity index (χ0n) is 15.0. The molecule has 1 amide bonds. The minimum absolute atomic E-state index is 0.0245. The van der Waals surface area contributed by atoms with E-state index in [0.717, 1.165) is 24.7 Å². The number of nitro groups is 1. The van der Waals surface area contributed by atoms with Crippen LogP contribution >= 0.6 is 11.6 Å². The van der Waals surface area contributed by atoms with Crippen molar-refractivity contribution >= 4 is 23.2 Å². The third kappa shape index (κ3) is 4.83. The first kappa shape index (κ1) is 20.2. The predicted molar refractivity (Wildman–Crippen MR) is 101 cm³/mol. The Kier molecular flexibility index (Phi) is 6.56. The van der Waals surface area contributed by atoms with Crippen molar-refractivity contribution in [1.29, 1.82) is 0 Å². The van der Waals surface area contributed by atoms with Crippen LogP contribution in [0.1, 0.15) is 22.0 Å². The van der Waals surface area contributed by atoms with Crippen molar-refractivity contribution in [2.24, 2.45) is 0 Å². The molecular formula is C19H20ClFN3O4+. The summed E-state index contributed by atoms with van der Waals surface area (Å²) in [6.45, 7) is 3.07. The number of nitro benzene ring substituents is 1. The average Bonchev–Trinajstić information content (AvgIpc) is 2.70. The lowest BCUT2D eigenvalue weighted by atomic mass is 10.0. The molecule has 148 valence electrons. The topological polar surface area (TPSA) is 85.9 Å². The Hall–Kier alpha value is -2.55. The molecule has 1 aliphatic rings. The van der Waals surface area contributed by atoms with Gasteiger partial charge < -0.3 is 15.0 Å². The van der Waals surface area contributed by atoms with E-state index in [9.17, 15) is 19.3 Å². The van der Waals surface area contributed by atoms with Crippen molar-refractivity contribution in [2.75, 3.05) is 32.8 Å². The van der Waals surface area contributed by atoms with Gasteiger partial charge in [-0.15, -0.1) is 0 Å². The molecule has 2 aromatic carbocycles. The number of hydrogen-bond donors (Lipinski definition) is 2. The lowest BCUT2D eigenvalue weighted by Gasteiger charge is -2.32. The summed E-state index contributed by atoms with van der Waals surface area (Å²) in [5, 5.41) is 13.8. The lowest BCUT2D eigenvalue weighted by molar-refractivity contribution is -0.937. The number of carbonyl (C=O) groups excluding carboxylic acids is 1. The molecule has 1 saturated heterocycles. The van der Waals surface area contributed by atoms with Gasteiger partial charge in [-0.25, -0.2) is 4.39 Å². The van der Waals surface area contributed by atoms with Gasteiger partial charge in [-0.2, -0.15) is 0 Å². The molecule has 2 aromatic rings. The van der Waals surface area contributed by atoms with Crippen molar-refractivity contribution in [3.63, 3.8) is 0 Å². The molecule has 1 aliphatic heterocycles. The highest BCUT2D eigenvalue weighted by atomic mass is 35.5. The molecule has 0 aromatic heterocycles. The zero-order chi connectivity index (χ0) is 20.1. The molecule has 0 radical (unpaired) electrons. The highest BCUT2D eigenvalue weighted by molar-refractivity contribution is 6.32. The Balaban J connectivity index is 1.75. The Morgan fingerprint density at radius 1 is 1.25 bits per heavy atom. The second-order valence-corrected chi connectivity index (χ2v) is 6.92. The molecule has 2 N–H and O–H groups in total. The van der Waals surface area contributed by atoms with Gasteiger partial charge in [0.15, 0.2) is 0 Å². The van der Waals surface area contributed by atoms with Crippen LogP contribution in [0.4, 0.5) is 10.1 Å². The summed E-state index contributed by atoms with van der Waals surface area (Å²) in [5.74, 6) is -0.753. The fourth-order valence-corrected chi connectivity index (χ4v) is 3.45. The summed E-state index contributed by atoms with van der Waals surface area (Å²) in [4.78, 5) is 24.2. The number of nitrogens with one attached hydrogen (secondary N) is 2. The number of halogens is 2. The number of rotatable bonds is 6. The van der Waals surface area contributed by atoms with Gasteiger partial charge in [-0.05, 0) is 24.3 Å². The number of amides is 1. The minimum atomic E-state index is -0.627. The highest BCUT2D eigenvalue weighted by Crippen LogP contribution is 2.25. The van der Waals surface area contributed by atoms with E-state index in [1.165, 1.54) is 29.2 Å². The number of benzene rings is 2. The molecule has 0 unspecified atom stereocenters. The second-order valence-electron chi connectivity index (χ2n) is 6.51. The van der Waals surface area contributed by atoms with E-state index < -0.39 is 10.8 Å². The largest absolute Gasteiger partial charge is 0.370 e. The van der Waals surface area contributed by atoms with Gasteiger partial charge in [0, 0.05) is 17.2 Å². The van der Waals surface area contributed by atoms with Crippen LogP contribution in [0.15, 0.2) is 42.5 Å². The first-order chi connectivity index (χ1) is 13.5. The molecule has 0 bridgehead atoms. The molecule has 7 nitrogen and oxygen atoms in total. The molecule has 1 heterocycles. The maximum Gasteiger partial charge on any atom is 0.288 e. The quantitative estimate of drug-likeness (QED) is 0.563. The van der Waals surface area contributed by atoms with Crippen LogP contribution < -0.4 is 10.2 Å². The fourth-order valence-electron chi connectivity index (χ4n) is 3.27. The number of morpholine rings is 1. The predicted octanol–water partition coefficient (Wildman–Crippen LogP) is 1.77. The number of carbonyl (C=O) groups is 1. The van der Waals surface area contributed by atoms with Gasteiger partial charge in [-0.3, -0.25) is 14.9 Å². The van der Waals surface area contributed by atoms with Crippen molar-refractivity contribution in [3.05, 3.63) is 74.5 Å². The van der Waals surface area contributed by atoms with Gasteiger partial charge in [0.2, 0.25) is 0 Å². The number of hydrogen-bond acceptors (Lipinski definition) is 4. The maximum atomic E-state index is 13.3. The monoisotopic (exact) mass is 408 g/mol. The maximum absolute atomic E-state index is 13.3. The van der Waals surface area contributed by atoms with Crippen molar-refractivity contribution in [1.82, 2.24) is 5.32 Å². The SMILES string of the molecule is O=C(NC[C@H](c1ccc(F)cc1)[NH+]1CCOCC1)c1ccc(Cl)c([N+](=O)[O-])c1.